The average molecular weight is 288 g/mol. The van der Waals surface area contributed by atoms with Crippen LogP contribution in [0.2, 0.25) is 0 Å². The SMILES string of the molecule is Cc1ccccc1[C@H](NC(=O)c1n[nH]c(=O)[nH]1)C(C)(C)C. The highest BCUT2D eigenvalue weighted by Crippen LogP contribution is 2.34. The largest absolute Gasteiger partial charge is 0.342 e. The molecule has 0 bridgehead atoms. The van der Waals surface area contributed by atoms with Gasteiger partial charge in [0.25, 0.3) is 5.91 Å². The van der Waals surface area contributed by atoms with Crippen molar-refractivity contribution in [3.8, 4) is 0 Å². The molecule has 6 heteroatoms. The van der Waals surface area contributed by atoms with Gasteiger partial charge in [-0.1, -0.05) is 45.0 Å². The van der Waals surface area contributed by atoms with Crippen molar-refractivity contribution in [3.05, 3.63) is 51.7 Å². The van der Waals surface area contributed by atoms with Crippen LogP contribution in [0, 0.1) is 12.3 Å². The van der Waals surface area contributed by atoms with Crippen LogP contribution in [-0.2, 0) is 0 Å². The smallest absolute Gasteiger partial charge is 0.341 e. The van der Waals surface area contributed by atoms with E-state index in [-0.39, 0.29) is 17.3 Å². The van der Waals surface area contributed by atoms with Gasteiger partial charge in [-0.15, -0.1) is 5.10 Å². The van der Waals surface area contributed by atoms with E-state index in [2.05, 4.69) is 41.3 Å². The maximum absolute atomic E-state index is 12.2. The molecule has 21 heavy (non-hydrogen) atoms. The molecule has 3 N–H and O–H groups in total. The van der Waals surface area contributed by atoms with Crippen LogP contribution in [0.1, 0.15) is 48.6 Å². The molecule has 1 aromatic heterocycles. The highest BCUT2D eigenvalue weighted by molar-refractivity contribution is 5.90. The Kier molecular flexibility index (Phi) is 3.97. The molecular formula is C15H20N4O2. The van der Waals surface area contributed by atoms with E-state index in [0.717, 1.165) is 11.1 Å². The Morgan fingerprint density at radius 3 is 2.48 bits per heavy atom. The molecule has 1 atom stereocenters. The summed E-state index contributed by atoms with van der Waals surface area (Å²) in [5.74, 6) is -0.417. The Hall–Kier alpha value is -2.37. The van der Waals surface area contributed by atoms with Crippen LogP contribution in [0.4, 0.5) is 0 Å². The second kappa shape index (κ2) is 5.55. The van der Waals surface area contributed by atoms with Crippen LogP contribution < -0.4 is 11.0 Å². The Labute approximate surface area is 123 Å². The number of carbonyl (C=O) groups is 1. The predicted octanol–water partition coefficient (Wildman–Crippen LogP) is 1.92. The van der Waals surface area contributed by atoms with Crippen molar-refractivity contribution < 1.29 is 4.79 Å². The molecule has 1 heterocycles. The molecule has 0 radical (unpaired) electrons. The fraction of sp³-hybridized carbons (Fsp3) is 0.400. The number of benzene rings is 1. The van der Waals surface area contributed by atoms with E-state index in [9.17, 15) is 9.59 Å². The lowest BCUT2D eigenvalue weighted by Crippen LogP contribution is -2.37. The number of rotatable bonds is 3. The predicted molar refractivity (Wildman–Crippen MR) is 80.0 cm³/mol. The number of aryl methyl sites for hydroxylation is 1. The van der Waals surface area contributed by atoms with E-state index in [1.54, 1.807) is 0 Å². The molecule has 2 aromatic rings. The summed E-state index contributed by atoms with van der Waals surface area (Å²) in [4.78, 5) is 25.6. The van der Waals surface area contributed by atoms with Crippen LogP contribution >= 0.6 is 0 Å². The Morgan fingerprint density at radius 1 is 1.29 bits per heavy atom. The molecule has 1 amide bonds. The van der Waals surface area contributed by atoms with E-state index >= 15 is 0 Å². The summed E-state index contributed by atoms with van der Waals surface area (Å²) >= 11 is 0. The summed E-state index contributed by atoms with van der Waals surface area (Å²) in [6.45, 7) is 8.17. The minimum Gasteiger partial charge on any atom is -0.342 e. The molecule has 0 saturated carbocycles. The first kappa shape index (κ1) is 15.0. The van der Waals surface area contributed by atoms with Gasteiger partial charge in [-0.25, -0.2) is 9.89 Å². The molecule has 0 spiro atoms. The van der Waals surface area contributed by atoms with Gasteiger partial charge in [0.1, 0.15) is 0 Å². The summed E-state index contributed by atoms with van der Waals surface area (Å²) in [6, 6.07) is 7.73. The molecule has 112 valence electrons. The van der Waals surface area contributed by atoms with Crippen LogP contribution in [0.3, 0.4) is 0 Å². The third-order valence-corrected chi connectivity index (χ3v) is 3.36. The van der Waals surface area contributed by atoms with Crippen molar-refractivity contribution in [2.24, 2.45) is 5.41 Å². The van der Waals surface area contributed by atoms with Gasteiger partial charge in [-0.3, -0.25) is 9.78 Å². The second-order valence-electron chi connectivity index (χ2n) is 6.16. The molecule has 1 aromatic carbocycles. The molecule has 0 aliphatic rings. The fourth-order valence-corrected chi connectivity index (χ4v) is 2.25. The third kappa shape index (κ3) is 3.39. The summed E-state index contributed by atoms with van der Waals surface area (Å²) in [5.41, 5.74) is 1.48. The van der Waals surface area contributed by atoms with Gasteiger partial charge in [-0.05, 0) is 23.5 Å². The normalized spacial score (nSPS) is 13.0. The molecule has 0 aliphatic carbocycles. The minimum atomic E-state index is -0.497. The monoisotopic (exact) mass is 288 g/mol. The standard InChI is InChI=1S/C15H20N4O2/c1-9-7-5-6-8-10(9)11(15(2,3)4)16-13(20)12-17-14(21)19-18-12/h5-8,11H,1-4H3,(H,16,20)(H2,17,18,19,21)/t11-/m0/s1. The first-order valence-corrected chi connectivity index (χ1v) is 6.80. The third-order valence-electron chi connectivity index (χ3n) is 3.36. The van der Waals surface area contributed by atoms with Gasteiger partial charge < -0.3 is 5.32 Å². The lowest BCUT2D eigenvalue weighted by atomic mass is 9.81. The van der Waals surface area contributed by atoms with E-state index in [1.807, 2.05) is 31.2 Å². The quantitative estimate of drug-likeness (QED) is 0.806. The second-order valence-corrected chi connectivity index (χ2v) is 6.16. The molecule has 0 fully saturated rings. The van der Waals surface area contributed by atoms with E-state index < -0.39 is 11.6 Å². The Balaban J connectivity index is 2.32. The number of hydrogen-bond acceptors (Lipinski definition) is 3. The molecule has 0 aliphatic heterocycles. The van der Waals surface area contributed by atoms with E-state index in [0.29, 0.717) is 0 Å². The zero-order valence-electron chi connectivity index (χ0n) is 12.7. The maximum Gasteiger partial charge on any atom is 0.341 e. The van der Waals surface area contributed by atoms with Crippen LogP contribution in [0.25, 0.3) is 0 Å². The van der Waals surface area contributed by atoms with Crippen LogP contribution in [0.5, 0.6) is 0 Å². The average Bonchev–Trinajstić information content (AvgIpc) is 2.82. The van der Waals surface area contributed by atoms with Crippen LogP contribution in [-0.4, -0.2) is 21.1 Å². The number of aromatic nitrogens is 3. The fourth-order valence-electron chi connectivity index (χ4n) is 2.25. The number of amides is 1. The topological polar surface area (TPSA) is 90.6 Å². The van der Waals surface area contributed by atoms with E-state index in [4.69, 9.17) is 0 Å². The molecule has 6 nitrogen and oxygen atoms in total. The van der Waals surface area contributed by atoms with Crippen LogP contribution in [0.15, 0.2) is 29.1 Å². The number of nitrogens with one attached hydrogen (secondary N) is 3. The van der Waals surface area contributed by atoms with Gasteiger partial charge in [-0.2, -0.15) is 0 Å². The first-order chi connectivity index (χ1) is 9.79. The summed E-state index contributed by atoms with van der Waals surface area (Å²) in [6.07, 6.45) is 0. The van der Waals surface area contributed by atoms with E-state index in [1.165, 1.54) is 0 Å². The highest BCUT2D eigenvalue weighted by atomic mass is 16.2. The molecule has 0 unspecified atom stereocenters. The van der Waals surface area contributed by atoms with Crippen molar-refractivity contribution in [1.29, 1.82) is 0 Å². The van der Waals surface area contributed by atoms with Crippen molar-refractivity contribution in [2.75, 3.05) is 0 Å². The minimum absolute atomic E-state index is 0.0113. The summed E-state index contributed by atoms with van der Waals surface area (Å²) in [5, 5.41) is 8.80. The van der Waals surface area contributed by atoms with Crippen molar-refractivity contribution in [2.45, 2.75) is 33.7 Å². The first-order valence-electron chi connectivity index (χ1n) is 6.80. The number of carbonyl (C=O) groups excluding carboxylic acids is 1. The van der Waals surface area contributed by atoms with Crippen molar-refractivity contribution in [1.82, 2.24) is 20.5 Å². The van der Waals surface area contributed by atoms with Gasteiger partial charge in [0.05, 0.1) is 6.04 Å². The molecular weight excluding hydrogens is 268 g/mol. The Bertz CT molecular complexity index is 694. The zero-order valence-corrected chi connectivity index (χ0v) is 12.7. The number of nitrogens with zero attached hydrogens (tertiary/aromatic N) is 1. The highest BCUT2D eigenvalue weighted by Gasteiger charge is 2.29. The molecule has 2 rings (SSSR count). The summed E-state index contributed by atoms with van der Waals surface area (Å²) < 4.78 is 0. The number of aromatic amines is 2. The zero-order chi connectivity index (χ0) is 15.6. The number of hydrogen-bond donors (Lipinski definition) is 3. The summed E-state index contributed by atoms with van der Waals surface area (Å²) in [7, 11) is 0. The van der Waals surface area contributed by atoms with Crippen molar-refractivity contribution in [3.63, 3.8) is 0 Å². The lowest BCUT2D eigenvalue weighted by molar-refractivity contribution is 0.0891. The Morgan fingerprint density at radius 2 is 1.95 bits per heavy atom. The van der Waals surface area contributed by atoms with Gasteiger partial charge in [0, 0.05) is 0 Å². The molecule has 0 saturated heterocycles. The van der Waals surface area contributed by atoms with Crippen molar-refractivity contribution >= 4 is 5.91 Å². The lowest BCUT2D eigenvalue weighted by Gasteiger charge is -2.32. The van der Waals surface area contributed by atoms with Gasteiger partial charge >= 0.3 is 5.69 Å². The maximum atomic E-state index is 12.2. The number of H-pyrrole nitrogens is 2. The van der Waals surface area contributed by atoms with Gasteiger partial charge in [0.2, 0.25) is 5.82 Å². The van der Waals surface area contributed by atoms with Gasteiger partial charge in [0.15, 0.2) is 0 Å².